The van der Waals surface area contributed by atoms with E-state index in [4.69, 9.17) is 9.47 Å². The van der Waals surface area contributed by atoms with Gasteiger partial charge in [0.05, 0.1) is 20.3 Å². The predicted molar refractivity (Wildman–Crippen MR) is 78.7 cm³/mol. The Morgan fingerprint density at radius 1 is 1.30 bits per heavy atom. The second kappa shape index (κ2) is 8.89. The van der Waals surface area contributed by atoms with Crippen LogP contribution in [0, 0.1) is 5.82 Å². The van der Waals surface area contributed by atoms with Crippen molar-refractivity contribution in [2.75, 3.05) is 47.5 Å². The van der Waals surface area contributed by atoms with Crippen LogP contribution in [0.15, 0.2) is 18.2 Å². The molecule has 1 atom stereocenters. The summed E-state index contributed by atoms with van der Waals surface area (Å²) < 4.78 is 24.3. The second-order valence-corrected chi connectivity index (χ2v) is 4.98. The molecule has 0 aliphatic carbocycles. The number of benzene rings is 1. The first-order valence-corrected chi connectivity index (χ1v) is 6.84. The van der Waals surface area contributed by atoms with Crippen LogP contribution in [-0.2, 0) is 4.74 Å². The van der Waals surface area contributed by atoms with Gasteiger partial charge in [0.2, 0.25) is 0 Å². The summed E-state index contributed by atoms with van der Waals surface area (Å²) in [5.74, 6) is 0.281. The van der Waals surface area contributed by atoms with E-state index in [1.54, 1.807) is 12.1 Å². The average molecular weight is 284 g/mol. The Bertz CT molecular complexity index is 399. The van der Waals surface area contributed by atoms with Gasteiger partial charge in [-0.05, 0) is 27.1 Å². The average Bonchev–Trinajstić information content (AvgIpc) is 2.41. The fraction of sp³-hybridized carbons (Fsp3) is 0.600. The van der Waals surface area contributed by atoms with E-state index in [0.717, 1.165) is 6.54 Å². The Labute approximate surface area is 120 Å². The lowest BCUT2D eigenvalue weighted by Gasteiger charge is -2.16. The maximum absolute atomic E-state index is 13.8. The standard InChI is InChI=1S/C15H25FN2O2/c1-12(17-7-9-20-10-8-18(2)3)14-6-5-13(19-4)11-15(14)16/h5-6,11-12,17H,7-10H2,1-4H3. The van der Waals surface area contributed by atoms with Gasteiger partial charge in [0.15, 0.2) is 0 Å². The molecule has 0 aromatic heterocycles. The molecular formula is C15H25FN2O2. The van der Waals surface area contributed by atoms with E-state index in [2.05, 4.69) is 10.2 Å². The molecule has 20 heavy (non-hydrogen) atoms. The molecule has 0 saturated carbocycles. The maximum atomic E-state index is 13.8. The van der Waals surface area contributed by atoms with Gasteiger partial charge in [0, 0.05) is 30.8 Å². The number of halogens is 1. The van der Waals surface area contributed by atoms with Gasteiger partial charge in [-0.15, -0.1) is 0 Å². The number of nitrogens with zero attached hydrogens (tertiary/aromatic N) is 1. The number of hydrogen-bond donors (Lipinski definition) is 1. The molecule has 0 bridgehead atoms. The molecule has 1 rings (SSSR count). The van der Waals surface area contributed by atoms with E-state index in [1.165, 1.54) is 13.2 Å². The molecular weight excluding hydrogens is 259 g/mol. The maximum Gasteiger partial charge on any atom is 0.131 e. The first-order valence-electron chi connectivity index (χ1n) is 6.84. The smallest absolute Gasteiger partial charge is 0.131 e. The minimum absolute atomic E-state index is 0.0571. The summed E-state index contributed by atoms with van der Waals surface area (Å²) in [5, 5.41) is 3.25. The number of ether oxygens (including phenoxy) is 2. The molecule has 0 heterocycles. The lowest BCUT2D eigenvalue weighted by Crippen LogP contribution is -2.25. The van der Waals surface area contributed by atoms with Crippen LogP contribution in [0.1, 0.15) is 18.5 Å². The highest BCUT2D eigenvalue weighted by atomic mass is 19.1. The Hall–Kier alpha value is -1.17. The first-order chi connectivity index (χ1) is 9.54. The van der Waals surface area contributed by atoms with Gasteiger partial charge in [-0.1, -0.05) is 6.07 Å². The van der Waals surface area contributed by atoms with Crippen LogP contribution in [0.25, 0.3) is 0 Å². The van der Waals surface area contributed by atoms with Crippen LogP contribution >= 0.6 is 0 Å². The Morgan fingerprint density at radius 3 is 2.65 bits per heavy atom. The van der Waals surface area contributed by atoms with Crippen LogP contribution in [-0.4, -0.2) is 52.4 Å². The third kappa shape index (κ3) is 5.86. The molecule has 0 radical (unpaired) electrons. The molecule has 0 spiro atoms. The van der Waals surface area contributed by atoms with Crippen molar-refractivity contribution in [3.8, 4) is 5.75 Å². The van der Waals surface area contributed by atoms with Gasteiger partial charge in [0.25, 0.3) is 0 Å². The molecule has 0 aliphatic heterocycles. The van der Waals surface area contributed by atoms with Crippen molar-refractivity contribution in [3.63, 3.8) is 0 Å². The normalized spacial score (nSPS) is 12.7. The molecule has 1 aromatic carbocycles. The van der Waals surface area contributed by atoms with Crippen molar-refractivity contribution in [1.82, 2.24) is 10.2 Å². The van der Waals surface area contributed by atoms with Gasteiger partial charge >= 0.3 is 0 Å². The quantitative estimate of drug-likeness (QED) is 0.704. The van der Waals surface area contributed by atoms with Crippen LogP contribution in [0.2, 0.25) is 0 Å². The number of likely N-dealkylation sites (N-methyl/N-ethyl adjacent to an activating group) is 1. The Kier molecular flexibility index (Phi) is 7.51. The van der Waals surface area contributed by atoms with Gasteiger partial charge in [-0.2, -0.15) is 0 Å². The van der Waals surface area contributed by atoms with E-state index < -0.39 is 0 Å². The van der Waals surface area contributed by atoms with Gasteiger partial charge < -0.3 is 19.7 Å². The lowest BCUT2D eigenvalue weighted by molar-refractivity contribution is 0.118. The zero-order valence-corrected chi connectivity index (χ0v) is 12.8. The predicted octanol–water partition coefficient (Wildman–Crippen LogP) is 2.06. The number of hydrogen-bond acceptors (Lipinski definition) is 4. The molecule has 1 N–H and O–H groups in total. The molecule has 114 valence electrons. The fourth-order valence-corrected chi connectivity index (χ4v) is 1.79. The van der Waals surface area contributed by atoms with Crippen LogP contribution in [0.3, 0.4) is 0 Å². The summed E-state index contributed by atoms with van der Waals surface area (Å²) >= 11 is 0. The molecule has 0 fully saturated rings. The highest BCUT2D eigenvalue weighted by Gasteiger charge is 2.11. The van der Waals surface area contributed by atoms with Crippen molar-refractivity contribution in [2.24, 2.45) is 0 Å². The SMILES string of the molecule is COc1ccc(C(C)NCCOCCN(C)C)c(F)c1. The van der Waals surface area contributed by atoms with Gasteiger partial charge in [0.1, 0.15) is 11.6 Å². The van der Waals surface area contributed by atoms with Crippen LogP contribution < -0.4 is 10.1 Å². The first kappa shape index (κ1) is 16.9. The van der Waals surface area contributed by atoms with Crippen LogP contribution in [0.4, 0.5) is 4.39 Å². The van der Waals surface area contributed by atoms with Crippen molar-refractivity contribution in [3.05, 3.63) is 29.6 Å². The summed E-state index contributed by atoms with van der Waals surface area (Å²) in [6.45, 7) is 4.86. The second-order valence-electron chi connectivity index (χ2n) is 4.98. The van der Waals surface area contributed by atoms with E-state index in [-0.39, 0.29) is 11.9 Å². The fourth-order valence-electron chi connectivity index (χ4n) is 1.79. The minimum Gasteiger partial charge on any atom is -0.497 e. The summed E-state index contributed by atoms with van der Waals surface area (Å²) in [6, 6.07) is 4.86. The van der Waals surface area contributed by atoms with E-state index in [1.807, 2.05) is 21.0 Å². The number of nitrogens with one attached hydrogen (secondary N) is 1. The number of rotatable bonds is 9. The zero-order valence-electron chi connectivity index (χ0n) is 12.8. The minimum atomic E-state index is -0.252. The van der Waals surface area contributed by atoms with Crippen molar-refractivity contribution >= 4 is 0 Å². The highest BCUT2D eigenvalue weighted by molar-refractivity contribution is 5.30. The zero-order chi connectivity index (χ0) is 15.0. The lowest BCUT2D eigenvalue weighted by atomic mass is 10.1. The largest absolute Gasteiger partial charge is 0.497 e. The molecule has 5 heteroatoms. The number of methoxy groups -OCH3 is 1. The summed E-state index contributed by atoms with van der Waals surface area (Å²) in [4.78, 5) is 2.07. The topological polar surface area (TPSA) is 33.7 Å². The summed E-state index contributed by atoms with van der Waals surface area (Å²) in [5.41, 5.74) is 0.638. The van der Waals surface area contributed by atoms with E-state index >= 15 is 0 Å². The van der Waals surface area contributed by atoms with Gasteiger partial charge in [-0.3, -0.25) is 0 Å². The van der Waals surface area contributed by atoms with Crippen molar-refractivity contribution in [1.29, 1.82) is 0 Å². The molecule has 0 aliphatic rings. The van der Waals surface area contributed by atoms with Crippen molar-refractivity contribution in [2.45, 2.75) is 13.0 Å². The molecule has 0 amide bonds. The third-order valence-electron chi connectivity index (χ3n) is 3.05. The molecule has 1 unspecified atom stereocenters. The molecule has 0 saturated heterocycles. The van der Waals surface area contributed by atoms with Crippen molar-refractivity contribution < 1.29 is 13.9 Å². The third-order valence-corrected chi connectivity index (χ3v) is 3.05. The highest BCUT2D eigenvalue weighted by Crippen LogP contribution is 2.21. The van der Waals surface area contributed by atoms with Gasteiger partial charge in [-0.25, -0.2) is 4.39 Å². The Balaban J connectivity index is 2.30. The van der Waals surface area contributed by atoms with E-state index in [0.29, 0.717) is 31.1 Å². The molecule has 4 nitrogen and oxygen atoms in total. The summed E-state index contributed by atoms with van der Waals surface area (Å²) in [6.07, 6.45) is 0. The van der Waals surface area contributed by atoms with Crippen LogP contribution in [0.5, 0.6) is 5.75 Å². The summed E-state index contributed by atoms with van der Waals surface area (Å²) in [7, 11) is 5.55. The van der Waals surface area contributed by atoms with E-state index in [9.17, 15) is 4.39 Å². The monoisotopic (exact) mass is 284 g/mol. The molecule has 1 aromatic rings. The Morgan fingerprint density at radius 2 is 2.05 bits per heavy atom.